The van der Waals surface area contributed by atoms with E-state index in [1.54, 1.807) is 24.3 Å². The topological polar surface area (TPSA) is 101 Å². The summed E-state index contributed by atoms with van der Waals surface area (Å²) in [7, 11) is 0. The van der Waals surface area contributed by atoms with E-state index in [1.807, 2.05) is 0 Å². The predicted molar refractivity (Wildman–Crippen MR) is 83.1 cm³/mol. The van der Waals surface area contributed by atoms with Crippen molar-refractivity contribution < 1.29 is 19.5 Å². The van der Waals surface area contributed by atoms with Gasteiger partial charge in [-0.1, -0.05) is 12.1 Å². The van der Waals surface area contributed by atoms with Crippen LogP contribution in [0, 0.1) is 0 Å². The molecule has 1 aromatic rings. The van der Waals surface area contributed by atoms with E-state index in [2.05, 4.69) is 15.9 Å². The molecular formula is C13H13BrN2O4S. The molecule has 0 radical (unpaired) electrons. The van der Waals surface area contributed by atoms with E-state index in [0.29, 0.717) is 10.2 Å². The fraction of sp³-hybridized carbons (Fsp3) is 0.308. The number of nitrogens with zero attached hydrogens (tertiary/aromatic N) is 1. The zero-order chi connectivity index (χ0) is 15.6. The van der Waals surface area contributed by atoms with Gasteiger partial charge in [0.1, 0.15) is 6.04 Å². The molecule has 1 aromatic carbocycles. The summed E-state index contributed by atoms with van der Waals surface area (Å²) in [5, 5.41) is 8.15. The molecule has 112 valence electrons. The fourth-order valence-electron chi connectivity index (χ4n) is 1.91. The van der Waals surface area contributed by atoms with Crippen LogP contribution in [-0.4, -0.2) is 39.9 Å². The number of anilines is 1. The maximum absolute atomic E-state index is 12.3. The second kappa shape index (κ2) is 6.59. The predicted octanol–water partition coefficient (Wildman–Crippen LogP) is 1.23. The maximum Gasteiger partial charge on any atom is 0.321 e. The molecule has 0 aromatic heterocycles. The molecule has 1 aliphatic rings. The molecule has 21 heavy (non-hydrogen) atoms. The SMILES string of the molecule is NC(CSC1CC(=O)N(c2ccccc2Br)C1=O)C(=O)O. The number of hydrogen-bond acceptors (Lipinski definition) is 5. The fourth-order valence-corrected chi connectivity index (χ4v) is 3.46. The highest BCUT2D eigenvalue weighted by Crippen LogP contribution is 2.33. The molecule has 6 nitrogen and oxygen atoms in total. The minimum atomic E-state index is -1.12. The van der Waals surface area contributed by atoms with Crippen molar-refractivity contribution in [1.29, 1.82) is 0 Å². The number of benzene rings is 1. The van der Waals surface area contributed by atoms with Crippen LogP contribution in [0.15, 0.2) is 28.7 Å². The van der Waals surface area contributed by atoms with Crippen LogP contribution in [0.5, 0.6) is 0 Å². The van der Waals surface area contributed by atoms with E-state index in [9.17, 15) is 14.4 Å². The summed E-state index contributed by atoms with van der Waals surface area (Å²) in [5.41, 5.74) is 5.91. The number of para-hydroxylation sites is 1. The Morgan fingerprint density at radius 2 is 2.14 bits per heavy atom. The Morgan fingerprint density at radius 1 is 1.48 bits per heavy atom. The molecule has 2 atom stereocenters. The molecule has 2 unspecified atom stereocenters. The molecule has 1 aliphatic heterocycles. The first-order valence-corrected chi connectivity index (χ1v) is 7.97. The standard InChI is InChI=1S/C13H13BrN2O4S/c14-7-3-1-2-4-9(7)16-11(17)5-10(12(16)18)21-6-8(15)13(19)20/h1-4,8,10H,5-6,15H2,(H,19,20). The van der Waals surface area contributed by atoms with Crippen molar-refractivity contribution in [1.82, 2.24) is 0 Å². The molecule has 0 aliphatic carbocycles. The first-order chi connectivity index (χ1) is 9.91. The van der Waals surface area contributed by atoms with Crippen LogP contribution in [0.25, 0.3) is 0 Å². The normalized spacial score (nSPS) is 19.9. The smallest absolute Gasteiger partial charge is 0.321 e. The number of hydrogen-bond donors (Lipinski definition) is 2. The second-order valence-electron chi connectivity index (χ2n) is 4.49. The molecule has 2 amide bonds. The number of nitrogens with two attached hydrogens (primary N) is 1. The van der Waals surface area contributed by atoms with Gasteiger partial charge in [-0.25, -0.2) is 4.90 Å². The highest BCUT2D eigenvalue weighted by atomic mass is 79.9. The van der Waals surface area contributed by atoms with Crippen molar-refractivity contribution in [3.8, 4) is 0 Å². The Balaban J connectivity index is 2.10. The molecule has 0 bridgehead atoms. The van der Waals surface area contributed by atoms with Gasteiger partial charge in [-0.2, -0.15) is 0 Å². The van der Waals surface area contributed by atoms with Crippen molar-refractivity contribution in [3.63, 3.8) is 0 Å². The summed E-state index contributed by atoms with van der Waals surface area (Å²) in [6.07, 6.45) is 0.0528. The average Bonchev–Trinajstić information content (AvgIpc) is 2.71. The van der Waals surface area contributed by atoms with Gasteiger partial charge in [0.05, 0.1) is 10.9 Å². The van der Waals surface area contributed by atoms with Gasteiger partial charge in [-0.05, 0) is 28.1 Å². The third-order valence-corrected chi connectivity index (χ3v) is 4.99. The first kappa shape index (κ1) is 16.0. The number of aliphatic carboxylic acids is 1. The maximum atomic E-state index is 12.3. The third kappa shape index (κ3) is 3.45. The number of imide groups is 1. The van der Waals surface area contributed by atoms with Crippen molar-refractivity contribution in [2.75, 3.05) is 10.7 Å². The number of thioether (sulfide) groups is 1. The number of amides is 2. The van der Waals surface area contributed by atoms with Gasteiger partial charge in [0.2, 0.25) is 11.8 Å². The largest absolute Gasteiger partial charge is 0.480 e. The molecular weight excluding hydrogens is 360 g/mol. The molecule has 1 saturated heterocycles. The molecule has 2 rings (SSSR count). The molecule has 1 fully saturated rings. The lowest BCUT2D eigenvalue weighted by atomic mass is 10.3. The Morgan fingerprint density at radius 3 is 2.76 bits per heavy atom. The van der Waals surface area contributed by atoms with Gasteiger partial charge < -0.3 is 10.8 Å². The van der Waals surface area contributed by atoms with Crippen molar-refractivity contribution >= 4 is 51.2 Å². The van der Waals surface area contributed by atoms with Crippen LogP contribution in [0.3, 0.4) is 0 Å². The number of carbonyl (C=O) groups is 3. The van der Waals surface area contributed by atoms with Gasteiger partial charge in [0, 0.05) is 16.6 Å². The van der Waals surface area contributed by atoms with Crippen LogP contribution >= 0.6 is 27.7 Å². The Bertz CT molecular complexity index is 595. The molecule has 0 spiro atoms. The summed E-state index contributed by atoms with van der Waals surface area (Å²) < 4.78 is 0.652. The van der Waals surface area contributed by atoms with Crippen LogP contribution in [0.4, 0.5) is 5.69 Å². The van der Waals surface area contributed by atoms with Crippen LogP contribution in [-0.2, 0) is 14.4 Å². The lowest BCUT2D eigenvalue weighted by molar-refractivity contribution is -0.138. The van der Waals surface area contributed by atoms with Crippen LogP contribution < -0.4 is 10.6 Å². The number of carbonyl (C=O) groups excluding carboxylic acids is 2. The second-order valence-corrected chi connectivity index (χ2v) is 6.58. The molecule has 8 heteroatoms. The number of carboxylic acid groups (broad SMARTS) is 1. The monoisotopic (exact) mass is 372 g/mol. The average molecular weight is 373 g/mol. The van der Waals surface area contributed by atoms with Gasteiger partial charge in [0.15, 0.2) is 0 Å². The van der Waals surface area contributed by atoms with Gasteiger partial charge >= 0.3 is 5.97 Å². The number of carboxylic acids is 1. The van der Waals surface area contributed by atoms with E-state index in [1.165, 1.54) is 0 Å². The van der Waals surface area contributed by atoms with Gasteiger partial charge in [-0.15, -0.1) is 11.8 Å². The zero-order valence-corrected chi connectivity index (χ0v) is 13.3. The minimum absolute atomic E-state index is 0.0528. The zero-order valence-electron chi connectivity index (χ0n) is 10.9. The van der Waals surface area contributed by atoms with Crippen LogP contribution in [0.2, 0.25) is 0 Å². The van der Waals surface area contributed by atoms with E-state index >= 15 is 0 Å². The third-order valence-electron chi connectivity index (χ3n) is 2.99. The molecule has 3 N–H and O–H groups in total. The summed E-state index contributed by atoms with van der Waals surface area (Å²) in [6, 6.07) is 5.90. The van der Waals surface area contributed by atoms with E-state index in [0.717, 1.165) is 16.7 Å². The number of halogens is 1. The Hall–Kier alpha value is -1.38. The van der Waals surface area contributed by atoms with E-state index in [4.69, 9.17) is 10.8 Å². The van der Waals surface area contributed by atoms with E-state index < -0.39 is 17.3 Å². The summed E-state index contributed by atoms with van der Waals surface area (Å²) in [4.78, 5) is 36.2. The Labute approximate surface area is 133 Å². The lowest BCUT2D eigenvalue weighted by Crippen LogP contribution is -2.35. The van der Waals surface area contributed by atoms with E-state index in [-0.39, 0.29) is 24.0 Å². The van der Waals surface area contributed by atoms with Gasteiger partial charge in [0.25, 0.3) is 0 Å². The molecule has 1 heterocycles. The highest BCUT2D eigenvalue weighted by Gasteiger charge is 2.40. The quantitative estimate of drug-likeness (QED) is 0.753. The lowest BCUT2D eigenvalue weighted by Gasteiger charge is -2.16. The summed E-state index contributed by atoms with van der Waals surface area (Å²) in [5.74, 6) is -1.67. The number of rotatable bonds is 5. The summed E-state index contributed by atoms with van der Waals surface area (Å²) in [6.45, 7) is 0. The summed E-state index contributed by atoms with van der Waals surface area (Å²) >= 11 is 4.42. The highest BCUT2D eigenvalue weighted by molar-refractivity contribution is 9.10. The van der Waals surface area contributed by atoms with Crippen molar-refractivity contribution in [3.05, 3.63) is 28.7 Å². The minimum Gasteiger partial charge on any atom is -0.480 e. The van der Waals surface area contributed by atoms with Crippen molar-refractivity contribution in [2.45, 2.75) is 17.7 Å². The van der Waals surface area contributed by atoms with Crippen molar-refractivity contribution in [2.24, 2.45) is 5.73 Å². The Kier molecular flexibility index (Phi) is 5.02. The first-order valence-electron chi connectivity index (χ1n) is 6.13. The van der Waals surface area contributed by atoms with Crippen LogP contribution in [0.1, 0.15) is 6.42 Å². The van der Waals surface area contributed by atoms with Gasteiger partial charge in [-0.3, -0.25) is 14.4 Å². The molecule has 0 saturated carbocycles.